The Morgan fingerprint density at radius 2 is 2.06 bits per heavy atom. The summed E-state index contributed by atoms with van der Waals surface area (Å²) in [5.41, 5.74) is 2.34. The molecule has 0 bridgehead atoms. The molecular weight excluding hydrogens is 236 g/mol. The van der Waals surface area contributed by atoms with Gasteiger partial charge < -0.3 is 13.5 Å². The lowest BCUT2D eigenvalue weighted by Crippen LogP contribution is -1.91. The van der Waals surface area contributed by atoms with Crippen molar-refractivity contribution in [1.29, 1.82) is 0 Å². The van der Waals surface area contributed by atoms with E-state index in [4.69, 9.17) is 13.5 Å². The van der Waals surface area contributed by atoms with Gasteiger partial charge in [-0.1, -0.05) is 10.3 Å². The Balaban J connectivity index is 1.87. The first-order valence-corrected chi connectivity index (χ1v) is 5.37. The third-order valence-electron chi connectivity index (χ3n) is 2.64. The van der Waals surface area contributed by atoms with Crippen LogP contribution >= 0.6 is 0 Å². The van der Waals surface area contributed by atoms with Crippen molar-refractivity contribution in [2.45, 2.75) is 20.3 Å². The maximum atomic E-state index is 5.16. The van der Waals surface area contributed by atoms with Gasteiger partial charge in [0.15, 0.2) is 6.39 Å². The van der Waals surface area contributed by atoms with Crippen molar-refractivity contribution in [1.82, 2.24) is 20.3 Å². The molecule has 3 rings (SSSR count). The van der Waals surface area contributed by atoms with Gasteiger partial charge in [0.25, 0.3) is 0 Å². The molecule has 0 spiro atoms. The second-order valence-corrected chi connectivity index (χ2v) is 3.86. The van der Waals surface area contributed by atoms with Crippen LogP contribution in [0.25, 0.3) is 11.5 Å². The van der Waals surface area contributed by atoms with Gasteiger partial charge in [-0.25, -0.2) is 4.98 Å². The number of oxazole rings is 1. The fourth-order valence-corrected chi connectivity index (χ4v) is 1.66. The Hall–Kier alpha value is -2.44. The maximum Gasteiger partial charge on any atom is 0.231 e. The predicted octanol–water partition coefficient (Wildman–Crippen LogP) is 1.92. The average Bonchev–Trinajstić information content (AvgIpc) is 3.06. The topological polar surface area (TPSA) is 91.0 Å². The van der Waals surface area contributed by atoms with Gasteiger partial charge in [0.1, 0.15) is 17.7 Å². The molecule has 7 nitrogen and oxygen atoms in total. The predicted molar refractivity (Wildman–Crippen MR) is 58.6 cm³/mol. The Bertz CT molecular complexity index is 634. The van der Waals surface area contributed by atoms with E-state index in [1.807, 2.05) is 13.8 Å². The van der Waals surface area contributed by atoms with E-state index in [1.54, 1.807) is 0 Å². The number of hydrogen-bond acceptors (Lipinski definition) is 7. The average molecular weight is 246 g/mol. The monoisotopic (exact) mass is 246 g/mol. The first-order chi connectivity index (χ1) is 8.74. The first-order valence-electron chi connectivity index (χ1n) is 5.37. The van der Waals surface area contributed by atoms with Crippen molar-refractivity contribution in [3.63, 3.8) is 0 Å². The summed E-state index contributed by atoms with van der Waals surface area (Å²) in [6, 6.07) is 0. The molecule has 0 aromatic carbocycles. The normalized spacial score (nSPS) is 11.0. The molecule has 3 aromatic rings. The highest BCUT2D eigenvalue weighted by atomic mass is 16.5. The molecular formula is C11H10N4O3. The van der Waals surface area contributed by atoms with Gasteiger partial charge in [-0.15, -0.1) is 0 Å². The van der Waals surface area contributed by atoms with Gasteiger partial charge in [0.2, 0.25) is 11.7 Å². The molecule has 0 fully saturated rings. The van der Waals surface area contributed by atoms with Crippen LogP contribution in [-0.2, 0) is 6.42 Å². The second-order valence-electron chi connectivity index (χ2n) is 3.86. The van der Waals surface area contributed by atoms with Crippen LogP contribution in [0.1, 0.15) is 22.9 Å². The maximum absolute atomic E-state index is 5.16. The third kappa shape index (κ3) is 1.79. The summed E-state index contributed by atoms with van der Waals surface area (Å²) < 4.78 is 15.1. The van der Waals surface area contributed by atoms with Crippen LogP contribution in [0.5, 0.6) is 0 Å². The molecule has 0 unspecified atom stereocenters. The van der Waals surface area contributed by atoms with Gasteiger partial charge in [-0.2, -0.15) is 4.98 Å². The number of aryl methyl sites for hydroxylation is 2. The zero-order valence-electron chi connectivity index (χ0n) is 9.88. The minimum absolute atomic E-state index is 0.408. The molecule has 0 saturated heterocycles. The third-order valence-corrected chi connectivity index (χ3v) is 2.64. The number of aromatic nitrogens is 4. The SMILES string of the molecule is Cc1noc(C)c1Cc1nc(-c2cocn2)no1. The molecule has 0 N–H and O–H groups in total. The standard InChI is InChI=1S/C11H10N4O3/c1-6-8(7(2)17-14-6)3-10-13-11(15-18-10)9-4-16-5-12-9/h4-5H,3H2,1-2H3. The van der Waals surface area contributed by atoms with Gasteiger partial charge in [0, 0.05) is 5.56 Å². The van der Waals surface area contributed by atoms with E-state index >= 15 is 0 Å². The molecule has 0 aliphatic heterocycles. The Kier molecular flexibility index (Phi) is 2.44. The van der Waals surface area contributed by atoms with Crippen LogP contribution < -0.4 is 0 Å². The molecule has 0 amide bonds. The highest BCUT2D eigenvalue weighted by Crippen LogP contribution is 2.18. The molecule has 0 aliphatic carbocycles. The molecule has 18 heavy (non-hydrogen) atoms. The van der Waals surface area contributed by atoms with Crippen LogP contribution in [0.4, 0.5) is 0 Å². The van der Waals surface area contributed by atoms with E-state index in [0.29, 0.717) is 23.8 Å². The van der Waals surface area contributed by atoms with Gasteiger partial charge in [0.05, 0.1) is 12.1 Å². The largest absolute Gasteiger partial charge is 0.451 e. The molecule has 0 radical (unpaired) electrons. The summed E-state index contributed by atoms with van der Waals surface area (Å²) in [7, 11) is 0. The Labute approximate surface area is 102 Å². The summed E-state index contributed by atoms with van der Waals surface area (Å²) in [4.78, 5) is 8.19. The molecule has 3 aromatic heterocycles. The van der Waals surface area contributed by atoms with Crippen LogP contribution in [0.2, 0.25) is 0 Å². The van der Waals surface area contributed by atoms with Crippen LogP contribution in [-0.4, -0.2) is 20.3 Å². The molecule has 0 aliphatic rings. The van der Waals surface area contributed by atoms with Crippen LogP contribution in [0.3, 0.4) is 0 Å². The lowest BCUT2D eigenvalue weighted by Gasteiger charge is -1.92. The molecule has 7 heteroatoms. The smallest absolute Gasteiger partial charge is 0.231 e. The van der Waals surface area contributed by atoms with Crippen molar-refractivity contribution in [2.24, 2.45) is 0 Å². The first kappa shape index (κ1) is 10.7. The Morgan fingerprint density at radius 1 is 1.17 bits per heavy atom. The summed E-state index contributed by atoms with van der Waals surface area (Å²) in [6.07, 6.45) is 3.27. The summed E-state index contributed by atoms with van der Waals surface area (Å²) in [5, 5.41) is 7.72. The molecule has 3 heterocycles. The van der Waals surface area contributed by atoms with E-state index < -0.39 is 0 Å². The van der Waals surface area contributed by atoms with E-state index in [9.17, 15) is 0 Å². The van der Waals surface area contributed by atoms with Crippen LogP contribution in [0, 0.1) is 13.8 Å². The fraction of sp³-hybridized carbons (Fsp3) is 0.273. The Morgan fingerprint density at radius 3 is 2.72 bits per heavy atom. The summed E-state index contributed by atoms with van der Waals surface area (Å²) in [5.74, 6) is 1.65. The minimum atomic E-state index is 0.408. The lowest BCUT2D eigenvalue weighted by atomic mass is 10.1. The van der Waals surface area contributed by atoms with Crippen molar-refractivity contribution in [3.05, 3.63) is 35.6 Å². The van der Waals surface area contributed by atoms with E-state index in [0.717, 1.165) is 17.0 Å². The molecule has 0 saturated carbocycles. The highest BCUT2D eigenvalue weighted by molar-refractivity contribution is 5.45. The van der Waals surface area contributed by atoms with Crippen molar-refractivity contribution < 1.29 is 13.5 Å². The summed E-state index contributed by atoms with van der Waals surface area (Å²) in [6.45, 7) is 3.73. The van der Waals surface area contributed by atoms with Crippen molar-refractivity contribution >= 4 is 0 Å². The minimum Gasteiger partial charge on any atom is -0.451 e. The number of nitrogens with zero attached hydrogens (tertiary/aromatic N) is 4. The van der Waals surface area contributed by atoms with Crippen molar-refractivity contribution in [3.8, 4) is 11.5 Å². The second kappa shape index (κ2) is 4.10. The molecule has 0 atom stereocenters. The van der Waals surface area contributed by atoms with Gasteiger partial charge >= 0.3 is 0 Å². The summed E-state index contributed by atoms with van der Waals surface area (Å²) >= 11 is 0. The zero-order valence-corrected chi connectivity index (χ0v) is 9.88. The fourth-order valence-electron chi connectivity index (χ4n) is 1.66. The van der Waals surface area contributed by atoms with E-state index in [2.05, 4.69) is 20.3 Å². The van der Waals surface area contributed by atoms with Gasteiger partial charge in [-0.3, -0.25) is 0 Å². The quantitative estimate of drug-likeness (QED) is 0.697. The molecule has 92 valence electrons. The highest BCUT2D eigenvalue weighted by Gasteiger charge is 2.15. The number of hydrogen-bond donors (Lipinski definition) is 0. The van der Waals surface area contributed by atoms with E-state index in [-0.39, 0.29) is 0 Å². The van der Waals surface area contributed by atoms with Crippen molar-refractivity contribution in [2.75, 3.05) is 0 Å². The van der Waals surface area contributed by atoms with E-state index in [1.165, 1.54) is 12.7 Å². The van der Waals surface area contributed by atoms with Gasteiger partial charge in [-0.05, 0) is 13.8 Å². The lowest BCUT2D eigenvalue weighted by molar-refractivity contribution is 0.381. The number of rotatable bonds is 3. The van der Waals surface area contributed by atoms with Crippen LogP contribution in [0.15, 0.2) is 26.1 Å². The zero-order chi connectivity index (χ0) is 12.5.